The Morgan fingerprint density at radius 3 is 2.60 bits per heavy atom. The fourth-order valence-corrected chi connectivity index (χ4v) is 1.73. The molecular weight excluding hydrogens is 363 g/mol. The number of hydrogen-bond acceptors (Lipinski definition) is 2. The van der Waals surface area contributed by atoms with Gasteiger partial charge in [0.15, 0.2) is 5.96 Å². The molecule has 0 heterocycles. The molecule has 1 atom stereocenters. The van der Waals surface area contributed by atoms with Crippen molar-refractivity contribution >= 4 is 29.9 Å². The molecule has 5 heteroatoms. The van der Waals surface area contributed by atoms with Crippen LogP contribution in [0, 0.1) is 0 Å². The molecule has 0 bridgehead atoms. The summed E-state index contributed by atoms with van der Waals surface area (Å²) in [6, 6.07) is 10.8. The van der Waals surface area contributed by atoms with Crippen molar-refractivity contribution in [2.24, 2.45) is 10.7 Å². The molecule has 0 spiro atoms. The standard InChI is InChI=1S/C15H24N4.HI/c1-4-10-17-15(16)18-12-14(19(2)3)11-13-8-6-5-7-9-13;/h4-9,14H,1,10-12H2,2-3H3,(H3,16,17,18);1H. The number of hydrogen-bond donors (Lipinski definition) is 2. The highest BCUT2D eigenvalue weighted by Crippen LogP contribution is 2.07. The molecule has 4 nitrogen and oxygen atoms in total. The van der Waals surface area contributed by atoms with Crippen LogP contribution in [0.1, 0.15) is 5.56 Å². The number of rotatable bonds is 7. The number of halogens is 1. The van der Waals surface area contributed by atoms with Crippen LogP contribution in [0.3, 0.4) is 0 Å². The molecule has 0 saturated heterocycles. The maximum absolute atomic E-state index is 5.77. The second-order valence-electron chi connectivity index (χ2n) is 4.70. The van der Waals surface area contributed by atoms with Gasteiger partial charge in [0.1, 0.15) is 0 Å². The van der Waals surface area contributed by atoms with E-state index < -0.39 is 0 Å². The summed E-state index contributed by atoms with van der Waals surface area (Å²) in [5.41, 5.74) is 7.09. The van der Waals surface area contributed by atoms with Crippen LogP contribution in [0.2, 0.25) is 0 Å². The van der Waals surface area contributed by atoms with Gasteiger partial charge in [0, 0.05) is 12.6 Å². The molecule has 0 aliphatic carbocycles. The van der Waals surface area contributed by atoms with E-state index in [-0.39, 0.29) is 24.0 Å². The molecule has 0 amide bonds. The summed E-state index contributed by atoms with van der Waals surface area (Å²) in [7, 11) is 4.13. The van der Waals surface area contributed by atoms with Gasteiger partial charge in [0.25, 0.3) is 0 Å². The quantitative estimate of drug-likeness (QED) is 0.325. The Morgan fingerprint density at radius 2 is 2.05 bits per heavy atom. The van der Waals surface area contributed by atoms with Crippen molar-refractivity contribution in [3.05, 3.63) is 48.6 Å². The number of guanidine groups is 1. The van der Waals surface area contributed by atoms with E-state index in [1.54, 1.807) is 6.08 Å². The number of likely N-dealkylation sites (N-methyl/N-ethyl adjacent to an activating group) is 1. The van der Waals surface area contributed by atoms with Crippen LogP contribution in [-0.2, 0) is 6.42 Å². The Hall–Kier alpha value is -1.08. The fraction of sp³-hybridized carbons (Fsp3) is 0.400. The molecule has 112 valence electrons. The van der Waals surface area contributed by atoms with E-state index in [4.69, 9.17) is 5.73 Å². The molecule has 0 aliphatic rings. The van der Waals surface area contributed by atoms with Gasteiger partial charge in [-0.2, -0.15) is 0 Å². The molecule has 0 fully saturated rings. The highest BCUT2D eigenvalue weighted by Gasteiger charge is 2.11. The largest absolute Gasteiger partial charge is 0.370 e. The van der Waals surface area contributed by atoms with Crippen LogP contribution in [0.5, 0.6) is 0 Å². The first kappa shape index (κ1) is 18.9. The minimum Gasteiger partial charge on any atom is -0.370 e. The van der Waals surface area contributed by atoms with Crippen LogP contribution in [0.15, 0.2) is 48.0 Å². The molecule has 1 unspecified atom stereocenters. The van der Waals surface area contributed by atoms with E-state index in [0.717, 1.165) is 6.42 Å². The lowest BCUT2D eigenvalue weighted by molar-refractivity contribution is 0.298. The second kappa shape index (κ2) is 10.7. The third-order valence-electron chi connectivity index (χ3n) is 2.94. The number of aliphatic imine (C=N–C) groups is 1. The smallest absolute Gasteiger partial charge is 0.188 e. The van der Waals surface area contributed by atoms with Crippen LogP contribution in [0.25, 0.3) is 0 Å². The molecule has 20 heavy (non-hydrogen) atoms. The van der Waals surface area contributed by atoms with E-state index in [9.17, 15) is 0 Å². The van der Waals surface area contributed by atoms with E-state index in [0.29, 0.717) is 25.1 Å². The predicted molar refractivity (Wildman–Crippen MR) is 97.7 cm³/mol. The second-order valence-corrected chi connectivity index (χ2v) is 4.70. The van der Waals surface area contributed by atoms with Gasteiger partial charge in [-0.05, 0) is 26.1 Å². The Bertz CT molecular complexity index is 404. The number of benzene rings is 1. The lowest BCUT2D eigenvalue weighted by Gasteiger charge is -2.23. The number of nitrogens with zero attached hydrogens (tertiary/aromatic N) is 2. The van der Waals surface area contributed by atoms with Gasteiger partial charge in [0.05, 0.1) is 6.54 Å². The summed E-state index contributed by atoms with van der Waals surface area (Å²) < 4.78 is 0. The topological polar surface area (TPSA) is 53.6 Å². The molecule has 1 aromatic carbocycles. The van der Waals surface area contributed by atoms with E-state index in [1.807, 2.05) is 6.07 Å². The Morgan fingerprint density at radius 1 is 1.40 bits per heavy atom. The molecule has 0 aromatic heterocycles. The van der Waals surface area contributed by atoms with Crippen LogP contribution < -0.4 is 11.1 Å². The van der Waals surface area contributed by atoms with Crippen LogP contribution in [-0.4, -0.2) is 44.1 Å². The van der Waals surface area contributed by atoms with Crippen LogP contribution >= 0.6 is 24.0 Å². The van der Waals surface area contributed by atoms with Gasteiger partial charge in [-0.1, -0.05) is 36.4 Å². The Labute approximate surface area is 139 Å². The molecule has 3 N–H and O–H groups in total. The monoisotopic (exact) mass is 388 g/mol. The average Bonchev–Trinajstić information content (AvgIpc) is 2.41. The normalized spacial score (nSPS) is 12.7. The molecule has 1 aromatic rings. The van der Waals surface area contributed by atoms with Gasteiger partial charge in [-0.25, -0.2) is 0 Å². The van der Waals surface area contributed by atoms with Crippen molar-refractivity contribution in [3.63, 3.8) is 0 Å². The van der Waals surface area contributed by atoms with Crippen molar-refractivity contribution < 1.29 is 0 Å². The van der Waals surface area contributed by atoms with Gasteiger partial charge in [-0.15, -0.1) is 30.6 Å². The van der Waals surface area contributed by atoms with Crippen molar-refractivity contribution in [2.75, 3.05) is 27.2 Å². The van der Waals surface area contributed by atoms with Gasteiger partial charge in [-0.3, -0.25) is 4.99 Å². The highest BCUT2D eigenvalue weighted by atomic mass is 127. The Balaban J connectivity index is 0.00000361. The zero-order chi connectivity index (χ0) is 14.1. The zero-order valence-corrected chi connectivity index (χ0v) is 14.6. The minimum atomic E-state index is 0. The maximum atomic E-state index is 5.77. The van der Waals surface area contributed by atoms with Crippen LogP contribution in [0.4, 0.5) is 0 Å². The van der Waals surface area contributed by atoms with Gasteiger partial charge < -0.3 is 16.0 Å². The average molecular weight is 388 g/mol. The molecule has 0 radical (unpaired) electrons. The maximum Gasteiger partial charge on any atom is 0.188 e. The van der Waals surface area contributed by atoms with Gasteiger partial charge >= 0.3 is 0 Å². The third kappa shape index (κ3) is 7.49. The molecule has 1 rings (SSSR count). The summed E-state index contributed by atoms with van der Waals surface area (Å²) in [6.45, 7) is 4.95. The summed E-state index contributed by atoms with van der Waals surface area (Å²) in [6.07, 6.45) is 2.72. The van der Waals surface area contributed by atoms with E-state index >= 15 is 0 Å². The summed E-state index contributed by atoms with van der Waals surface area (Å²) in [5, 5.41) is 2.98. The van der Waals surface area contributed by atoms with Crippen molar-refractivity contribution in [2.45, 2.75) is 12.5 Å². The van der Waals surface area contributed by atoms with Gasteiger partial charge in [0.2, 0.25) is 0 Å². The summed E-state index contributed by atoms with van der Waals surface area (Å²) in [4.78, 5) is 6.55. The summed E-state index contributed by atoms with van der Waals surface area (Å²) >= 11 is 0. The van der Waals surface area contributed by atoms with Crippen molar-refractivity contribution in [1.29, 1.82) is 0 Å². The first-order chi connectivity index (χ1) is 9.13. The minimum absolute atomic E-state index is 0. The molecule has 0 saturated carbocycles. The Kier molecular flexibility index (Phi) is 10.1. The SMILES string of the molecule is C=CCNC(N)=NCC(Cc1ccccc1)N(C)C.I. The first-order valence-electron chi connectivity index (χ1n) is 6.48. The lowest BCUT2D eigenvalue weighted by atomic mass is 10.1. The molecule has 0 aliphatic heterocycles. The highest BCUT2D eigenvalue weighted by molar-refractivity contribution is 14.0. The predicted octanol–water partition coefficient (Wildman–Crippen LogP) is 1.87. The number of nitrogens with one attached hydrogen (secondary N) is 1. The first-order valence-corrected chi connectivity index (χ1v) is 6.48. The number of nitrogens with two attached hydrogens (primary N) is 1. The lowest BCUT2D eigenvalue weighted by Crippen LogP contribution is -2.36. The van der Waals surface area contributed by atoms with E-state index in [2.05, 4.69) is 60.1 Å². The third-order valence-corrected chi connectivity index (χ3v) is 2.94. The van der Waals surface area contributed by atoms with Crippen molar-refractivity contribution in [1.82, 2.24) is 10.2 Å². The molecular formula is C15H25IN4. The zero-order valence-electron chi connectivity index (χ0n) is 12.2. The van der Waals surface area contributed by atoms with E-state index in [1.165, 1.54) is 5.56 Å². The fourth-order valence-electron chi connectivity index (χ4n) is 1.73. The van der Waals surface area contributed by atoms with Crippen molar-refractivity contribution in [3.8, 4) is 0 Å². The summed E-state index contributed by atoms with van der Waals surface area (Å²) in [5.74, 6) is 0.472.